The Morgan fingerprint density at radius 3 is 2.60 bits per heavy atom. The van der Waals surface area contributed by atoms with E-state index >= 15 is 0 Å². The Balaban J connectivity index is 1.61. The average molecular weight is 332 g/mol. The first-order chi connectivity index (χ1) is 12.3. The maximum absolute atomic E-state index is 12.3. The van der Waals surface area contributed by atoms with Crippen molar-refractivity contribution in [3.05, 3.63) is 83.7 Å². The number of para-hydroxylation sites is 1. The van der Waals surface area contributed by atoms with Crippen molar-refractivity contribution in [1.29, 1.82) is 0 Å². The predicted molar refractivity (Wildman–Crippen MR) is 94.6 cm³/mol. The standard InChI is InChI=1S/C19H16N4O2/c24-18-14-17(15-6-8-20-9-7-15)21-19-22(10-11-23(18)19)12-13-25-16-4-2-1-3-5-16/h1-11,14H,12-13H2. The van der Waals surface area contributed by atoms with Crippen LogP contribution < -0.4 is 10.3 Å². The molecule has 3 heterocycles. The lowest BCUT2D eigenvalue weighted by Gasteiger charge is -2.08. The molecule has 0 unspecified atom stereocenters. The first-order valence-corrected chi connectivity index (χ1v) is 7.98. The lowest BCUT2D eigenvalue weighted by Crippen LogP contribution is -2.15. The fourth-order valence-electron chi connectivity index (χ4n) is 2.66. The van der Waals surface area contributed by atoms with Gasteiger partial charge in [0.15, 0.2) is 0 Å². The smallest absolute Gasteiger partial charge is 0.259 e. The molecule has 124 valence electrons. The summed E-state index contributed by atoms with van der Waals surface area (Å²) in [5.41, 5.74) is 1.39. The van der Waals surface area contributed by atoms with E-state index in [1.54, 1.807) is 18.6 Å². The van der Waals surface area contributed by atoms with Crippen LogP contribution in [0.1, 0.15) is 0 Å². The summed E-state index contributed by atoms with van der Waals surface area (Å²) in [6.07, 6.45) is 6.94. The van der Waals surface area contributed by atoms with Crippen LogP contribution in [0.15, 0.2) is 78.1 Å². The van der Waals surface area contributed by atoms with Crippen LogP contribution in [0.3, 0.4) is 0 Å². The van der Waals surface area contributed by atoms with Crippen molar-refractivity contribution >= 4 is 5.78 Å². The van der Waals surface area contributed by atoms with Crippen LogP contribution >= 0.6 is 0 Å². The number of nitrogens with zero attached hydrogens (tertiary/aromatic N) is 4. The molecule has 0 fully saturated rings. The van der Waals surface area contributed by atoms with Gasteiger partial charge in [0.2, 0.25) is 5.78 Å². The normalized spacial score (nSPS) is 10.9. The summed E-state index contributed by atoms with van der Waals surface area (Å²) in [5.74, 6) is 1.41. The highest BCUT2D eigenvalue weighted by molar-refractivity contribution is 5.59. The number of hydrogen-bond donors (Lipinski definition) is 0. The monoisotopic (exact) mass is 332 g/mol. The van der Waals surface area contributed by atoms with Gasteiger partial charge in [0.05, 0.1) is 12.2 Å². The van der Waals surface area contributed by atoms with Gasteiger partial charge in [-0.1, -0.05) is 18.2 Å². The van der Waals surface area contributed by atoms with Gasteiger partial charge >= 0.3 is 0 Å². The Labute approximate surface area is 144 Å². The Morgan fingerprint density at radius 2 is 1.80 bits per heavy atom. The summed E-state index contributed by atoms with van der Waals surface area (Å²) in [6, 6.07) is 14.9. The Bertz CT molecular complexity index is 1040. The van der Waals surface area contributed by atoms with Gasteiger partial charge in [-0.25, -0.2) is 4.98 Å². The molecule has 4 aromatic rings. The van der Waals surface area contributed by atoms with Crippen molar-refractivity contribution in [2.75, 3.05) is 6.61 Å². The van der Waals surface area contributed by atoms with Gasteiger partial charge in [0.1, 0.15) is 12.4 Å². The summed E-state index contributed by atoms with van der Waals surface area (Å²) in [5, 5.41) is 0. The molecule has 25 heavy (non-hydrogen) atoms. The number of fused-ring (bicyclic) bond motifs is 1. The highest BCUT2D eigenvalue weighted by Crippen LogP contribution is 2.15. The molecular formula is C19H16N4O2. The molecule has 0 aliphatic rings. The van der Waals surface area contributed by atoms with E-state index < -0.39 is 0 Å². The molecule has 0 N–H and O–H groups in total. The van der Waals surface area contributed by atoms with Crippen molar-refractivity contribution in [3.63, 3.8) is 0 Å². The molecule has 0 amide bonds. The largest absolute Gasteiger partial charge is 0.492 e. The second-order valence-corrected chi connectivity index (χ2v) is 5.54. The van der Waals surface area contributed by atoms with Gasteiger partial charge in [-0.3, -0.25) is 14.2 Å². The molecule has 0 saturated heterocycles. The van der Waals surface area contributed by atoms with Crippen molar-refractivity contribution in [3.8, 4) is 17.0 Å². The second kappa shape index (κ2) is 6.60. The predicted octanol–water partition coefficient (Wildman–Crippen LogP) is 2.64. The van der Waals surface area contributed by atoms with Crippen LogP contribution in [0, 0.1) is 0 Å². The molecule has 4 rings (SSSR count). The fraction of sp³-hybridized carbons (Fsp3) is 0.105. The van der Waals surface area contributed by atoms with Crippen LogP contribution in [0.25, 0.3) is 17.0 Å². The molecule has 6 nitrogen and oxygen atoms in total. The highest BCUT2D eigenvalue weighted by Gasteiger charge is 2.08. The average Bonchev–Trinajstić information content (AvgIpc) is 3.07. The SMILES string of the molecule is O=c1cc(-c2ccncc2)nc2n(CCOc3ccccc3)ccn12. The van der Waals surface area contributed by atoms with E-state index in [4.69, 9.17) is 4.74 Å². The molecule has 0 radical (unpaired) electrons. The van der Waals surface area contributed by atoms with E-state index in [2.05, 4.69) is 9.97 Å². The van der Waals surface area contributed by atoms with Crippen molar-refractivity contribution in [2.24, 2.45) is 0 Å². The number of hydrogen-bond acceptors (Lipinski definition) is 4. The maximum atomic E-state index is 12.3. The number of pyridine rings is 1. The van der Waals surface area contributed by atoms with Gasteiger partial charge < -0.3 is 9.30 Å². The van der Waals surface area contributed by atoms with Crippen LogP contribution in [0.4, 0.5) is 0 Å². The molecule has 0 aliphatic heterocycles. The third kappa shape index (κ3) is 3.14. The zero-order chi connectivity index (χ0) is 17.1. The van der Waals surface area contributed by atoms with E-state index in [-0.39, 0.29) is 5.56 Å². The Hall–Kier alpha value is -3.41. The van der Waals surface area contributed by atoms with E-state index in [0.29, 0.717) is 24.6 Å². The van der Waals surface area contributed by atoms with E-state index in [1.165, 1.54) is 10.5 Å². The summed E-state index contributed by atoms with van der Waals surface area (Å²) < 4.78 is 9.18. The van der Waals surface area contributed by atoms with E-state index in [9.17, 15) is 4.79 Å². The summed E-state index contributed by atoms with van der Waals surface area (Å²) in [4.78, 5) is 21.0. The minimum Gasteiger partial charge on any atom is -0.492 e. The summed E-state index contributed by atoms with van der Waals surface area (Å²) in [6.45, 7) is 1.08. The summed E-state index contributed by atoms with van der Waals surface area (Å²) >= 11 is 0. The lowest BCUT2D eigenvalue weighted by atomic mass is 10.2. The number of rotatable bonds is 5. The Kier molecular flexibility index (Phi) is 4.00. The number of imidazole rings is 1. The topological polar surface area (TPSA) is 61.4 Å². The lowest BCUT2D eigenvalue weighted by molar-refractivity contribution is 0.300. The molecule has 0 spiro atoms. The molecule has 0 atom stereocenters. The molecule has 1 aromatic carbocycles. The maximum Gasteiger partial charge on any atom is 0.259 e. The number of ether oxygens (including phenoxy) is 1. The van der Waals surface area contributed by atoms with Gasteiger partial charge in [-0.05, 0) is 24.3 Å². The minimum absolute atomic E-state index is 0.112. The second-order valence-electron chi connectivity index (χ2n) is 5.54. The first kappa shape index (κ1) is 15.1. The number of aromatic nitrogens is 4. The number of benzene rings is 1. The summed E-state index contributed by atoms with van der Waals surface area (Å²) in [7, 11) is 0. The quantitative estimate of drug-likeness (QED) is 0.564. The van der Waals surface area contributed by atoms with Gasteiger partial charge in [0.25, 0.3) is 5.56 Å². The fourth-order valence-corrected chi connectivity index (χ4v) is 2.66. The van der Waals surface area contributed by atoms with Crippen LogP contribution in [0.2, 0.25) is 0 Å². The Morgan fingerprint density at radius 1 is 1.00 bits per heavy atom. The molecule has 6 heteroatoms. The molecule has 0 aliphatic carbocycles. The van der Waals surface area contributed by atoms with Crippen molar-refractivity contribution in [1.82, 2.24) is 18.9 Å². The minimum atomic E-state index is -0.112. The van der Waals surface area contributed by atoms with Gasteiger partial charge in [0, 0.05) is 36.4 Å². The van der Waals surface area contributed by atoms with Crippen LogP contribution in [0.5, 0.6) is 5.75 Å². The molecular weight excluding hydrogens is 316 g/mol. The highest BCUT2D eigenvalue weighted by atomic mass is 16.5. The zero-order valence-corrected chi connectivity index (χ0v) is 13.4. The van der Waals surface area contributed by atoms with Crippen LogP contribution in [-0.4, -0.2) is 25.5 Å². The molecule has 0 bridgehead atoms. The zero-order valence-electron chi connectivity index (χ0n) is 13.4. The third-order valence-corrected chi connectivity index (χ3v) is 3.91. The van der Waals surface area contributed by atoms with Gasteiger partial charge in [-0.2, -0.15) is 0 Å². The molecule has 0 saturated carbocycles. The van der Waals surface area contributed by atoms with Crippen molar-refractivity contribution < 1.29 is 4.74 Å². The first-order valence-electron chi connectivity index (χ1n) is 7.98. The van der Waals surface area contributed by atoms with E-state index in [1.807, 2.05) is 53.2 Å². The van der Waals surface area contributed by atoms with E-state index in [0.717, 1.165) is 11.3 Å². The van der Waals surface area contributed by atoms with Gasteiger partial charge in [-0.15, -0.1) is 0 Å². The van der Waals surface area contributed by atoms with Crippen LogP contribution in [-0.2, 0) is 6.54 Å². The molecule has 3 aromatic heterocycles. The third-order valence-electron chi connectivity index (χ3n) is 3.91. The van der Waals surface area contributed by atoms with Crippen molar-refractivity contribution in [2.45, 2.75) is 6.54 Å².